The number of amides is 1. The predicted octanol–water partition coefficient (Wildman–Crippen LogP) is 0.316. The SMILES string of the molecule is CCNCc1ccc(OCC(=O)NC)cn1. The van der Waals surface area contributed by atoms with Gasteiger partial charge in [0.25, 0.3) is 5.91 Å². The largest absolute Gasteiger partial charge is 0.482 e. The van der Waals surface area contributed by atoms with Crippen molar-refractivity contribution in [2.24, 2.45) is 0 Å². The summed E-state index contributed by atoms with van der Waals surface area (Å²) in [6, 6.07) is 3.68. The monoisotopic (exact) mass is 223 g/mol. The Hall–Kier alpha value is -1.62. The van der Waals surface area contributed by atoms with Gasteiger partial charge in [0.15, 0.2) is 6.61 Å². The predicted molar refractivity (Wildman–Crippen MR) is 61.2 cm³/mol. The molecule has 0 saturated carbocycles. The second-order valence-electron chi connectivity index (χ2n) is 3.23. The van der Waals surface area contributed by atoms with Crippen molar-refractivity contribution in [2.45, 2.75) is 13.5 Å². The summed E-state index contributed by atoms with van der Waals surface area (Å²) in [5, 5.41) is 5.66. The Bertz CT molecular complexity index is 325. The molecule has 5 heteroatoms. The van der Waals surface area contributed by atoms with Gasteiger partial charge in [-0.3, -0.25) is 9.78 Å². The molecule has 5 nitrogen and oxygen atoms in total. The Labute approximate surface area is 95.2 Å². The van der Waals surface area contributed by atoms with E-state index in [1.54, 1.807) is 13.2 Å². The number of carbonyl (C=O) groups excluding carboxylic acids is 1. The van der Waals surface area contributed by atoms with Crippen LogP contribution in [-0.2, 0) is 11.3 Å². The van der Waals surface area contributed by atoms with Gasteiger partial charge in [0.2, 0.25) is 0 Å². The van der Waals surface area contributed by atoms with Gasteiger partial charge in [-0.2, -0.15) is 0 Å². The molecule has 0 unspecified atom stereocenters. The minimum atomic E-state index is -0.156. The number of hydrogen-bond acceptors (Lipinski definition) is 4. The van der Waals surface area contributed by atoms with E-state index in [0.717, 1.165) is 18.8 Å². The molecular formula is C11H17N3O2. The Morgan fingerprint density at radius 1 is 1.50 bits per heavy atom. The van der Waals surface area contributed by atoms with Crippen molar-refractivity contribution in [1.82, 2.24) is 15.6 Å². The number of pyridine rings is 1. The van der Waals surface area contributed by atoms with Crippen LogP contribution in [0.5, 0.6) is 5.75 Å². The first-order valence-electron chi connectivity index (χ1n) is 5.25. The first-order valence-corrected chi connectivity index (χ1v) is 5.25. The van der Waals surface area contributed by atoms with Gasteiger partial charge in [-0.05, 0) is 18.7 Å². The average Bonchev–Trinajstić information content (AvgIpc) is 2.34. The second kappa shape index (κ2) is 6.79. The van der Waals surface area contributed by atoms with Crippen LogP contribution in [0.1, 0.15) is 12.6 Å². The van der Waals surface area contributed by atoms with Gasteiger partial charge >= 0.3 is 0 Å². The molecule has 1 heterocycles. The zero-order valence-electron chi connectivity index (χ0n) is 9.62. The van der Waals surface area contributed by atoms with E-state index in [2.05, 4.69) is 15.6 Å². The Morgan fingerprint density at radius 2 is 2.31 bits per heavy atom. The summed E-state index contributed by atoms with van der Waals surface area (Å²) < 4.78 is 5.22. The van der Waals surface area contributed by atoms with Gasteiger partial charge in [0.1, 0.15) is 5.75 Å². The van der Waals surface area contributed by atoms with E-state index in [-0.39, 0.29) is 12.5 Å². The molecule has 0 saturated heterocycles. The van der Waals surface area contributed by atoms with E-state index in [1.165, 1.54) is 0 Å². The molecule has 0 bridgehead atoms. The van der Waals surface area contributed by atoms with Gasteiger partial charge in [0, 0.05) is 13.6 Å². The molecular weight excluding hydrogens is 206 g/mol. The highest BCUT2D eigenvalue weighted by molar-refractivity contribution is 5.77. The molecule has 0 atom stereocenters. The van der Waals surface area contributed by atoms with Gasteiger partial charge in [-0.15, -0.1) is 0 Å². The van der Waals surface area contributed by atoms with Crippen molar-refractivity contribution < 1.29 is 9.53 Å². The second-order valence-corrected chi connectivity index (χ2v) is 3.23. The number of nitrogens with one attached hydrogen (secondary N) is 2. The van der Waals surface area contributed by atoms with Crippen LogP contribution in [0.15, 0.2) is 18.3 Å². The molecule has 1 amide bonds. The van der Waals surface area contributed by atoms with Crippen molar-refractivity contribution in [3.8, 4) is 5.75 Å². The normalized spacial score (nSPS) is 9.88. The van der Waals surface area contributed by atoms with Crippen LogP contribution in [0.2, 0.25) is 0 Å². The fraction of sp³-hybridized carbons (Fsp3) is 0.455. The van der Waals surface area contributed by atoms with Gasteiger partial charge in [-0.1, -0.05) is 6.92 Å². The number of hydrogen-bond donors (Lipinski definition) is 2. The van der Waals surface area contributed by atoms with E-state index < -0.39 is 0 Å². The molecule has 0 aromatic carbocycles. The third-order valence-corrected chi connectivity index (χ3v) is 2.00. The fourth-order valence-electron chi connectivity index (χ4n) is 1.07. The Kier molecular flexibility index (Phi) is 5.28. The average molecular weight is 223 g/mol. The Balaban J connectivity index is 2.41. The maximum absolute atomic E-state index is 10.9. The van der Waals surface area contributed by atoms with E-state index in [9.17, 15) is 4.79 Å². The fourth-order valence-corrected chi connectivity index (χ4v) is 1.07. The van der Waals surface area contributed by atoms with Crippen molar-refractivity contribution in [3.05, 3.63) is 24.0 Å². The van der Waals surface area contributed by atoms with Gasteiger partial charge in [0.05, 0.1) is 11.9 Å². The zero-order chi connectivity index (χ0) is 11.8. The van der Waals surface area contributed by atoms with Crippen molar-refractivity contribution >= 4 is 5.91 Å². The van der Waals surface area contributed by atoms with Crippen LogP contribution in [0.4, 0.5) is 0 Å². The molecule has 88 valence electrons. The molecule has 0 spiro atoms. The highest BCUT2D eigenvalue weighted by Gasteiger charge is 2.00. The molecule has 0 fully saturated rings. The molecule has 1 rings (SSSR count). The lowest BCUT2D eigenvalue weighted by molar-refractivity contribution is -0.122. The number of nitrogens with zero attached hydrogens (tertiary/aromatic N) is 1. The molecule has 0 aliphatic rings. The minimum absolute atomic E-state index is 0.0186. The van der Waals surface area contributed by atoms with Crippen LogP contribution in [-0.4, -0.2) is 31.1 Å². The highest BCUT2D eigenvalue weighted by Crippen LogP contribution is 2.08. The van der Waals surface area contributed by atoms with Crippen LogP contribution in [0.25, 0.3) is 0 Å². The summed E-state index contributed by atoms with van der Waals surface area (Å²) in [7, 11) is 1.57. The maximum atomic E-state index is 10.9. The van der Waals surface area contributed by atoms with Crippen LogP contribution in [0.3, 0.4) is 0 Å². The standard InChI is InChI=1S/C11H17N3O2/c1-3-13-6-9-4-5-10(7-14-9)16-8-11(15)12-2/h4-5,7,13H,3,6,8H2,1-2H3,(H,12,15). The topological polar surface area (TPSA) is 63.2 Å². The smallest absolute Gasteiger partial charge is 0.257 e. The van der Waals surface area contributed by atoms with Crippen LogP contribution >= 0.6 is 0 Å². The summed E-state index contributed by atoms with van der Waals surface area (Å²) in [5.74, 6) is 0.445. The van der Waals surface area contributed by atoms with Crippen molar-refractivity contribution in [2.75, 3.05) is 20.2 Å². The Morgan fingerprint density at radius 3 is 2.88 bits per heavy atom. The maximum Gasteiger partial charge on any atom is 0.257 e. The minimum Gasteiger partial charge on any atom is -0.482 e. The highest BCUT2D eigenvalue weighted by atomic mass is 16.5. The molecule has 16 heavy (non-hydrogen) atoms. The van der Waals surface area contributed by atoms with Crippen molar-refractivity contribution in [3.63, 3.8) is 0 Å². The lowest BCUT2D eigenvalue weighted by Crippen LogP contribution is -2.24. The zero-order valence-corrected chi connectivity index (χ0v) is 9.62. The lowest BCUT2D eigenvalue weighted by Gasteiger charge is -2.05. The lowest BCUT2D eigenvalue weighted by atomic mass is 10.3. The summed E-state index contributed by atoms with van der Waals surface area (Å²) in [6.45, 7) is 3.72. The number of carbonyl (C=O) groups is 1. The summed E-state index contributed by atoms with van der Waals surface area (Å²) in [4.78, 5) is 15.1. The molecule has 0 aliphatic heterocycles. The van der Waals surface area contributed by atoms with E-state index in [0.29, 0.717) is 5.75 Å². The van der Waals surface area contributed by atoms with Crippen LogP contribution < -0.4 is 15.4 Å². The van der Waals surface area contributed by atoms with Gasteiger partial charge in [-0.25, -0.2) is 0 Å². The van der Waals surface area contributed by atoms with Gasteiger partial charge < -0.3 is 15.4 Å². The number of likely N-dealkylation sites (N-methyl/N-ethyl adjacent to an activating group) is 1. The van der Waals surface area contributed by atoms with Crippen LogP contribution in [0, 0.1) is 0 Å². The number of ether oxygens (including phenoxy) is 1. The van der Waals surface area contributed by atoms with E-state index in [4.69, 9.17) is 4.74 Å². The molecule has 0 aliphatic carbocycles. The quantitative estimate of drug-likeness (QED) is 0.729. The summed E-state index contributed by atoms with van der Waals surface area (Å²) in [6.07, 6.45) is 1.62. The molecule has 1 aromatic rings. The first-order chi connectivity index (χ1) is 7.76. The molecule has 0 radical (unpaired) electrons. The third-order valence-electron chi connectivity index (χ3n) is 2.00. The van der Waals surface area contributed by atoms with E-state index in [1.807, 2.05) is 19.1 Å². The summed E-state index contributed by atoms with van der Waals surface area (Å²) in [5.41, 5.74) is 0.953. The summed E-state index contributed by atoms with van der Waals surface area (Å²) >= 11 is 0. The third kappa shape index (κ3) is 4.27. The van der Waals surface area contributed by atoms with E-state index >= 15 is 0 Å². The van der Waals surface area contributed by atoms with Crippen molar-refractivity contribution in [1.29, 1.82) is 0 Å². The molecule has 2 N–H and O–H groups in total. The first kappa shape index (κ1) is 12.4. The number of rotatable bonds is 6. The number of aromatic nitrogens is 1. The molecule has 1 aromatic heterocycles.